The zero-order valence-electron chi connectivity index (χ0n) is 10.3. The lowest BCUT2D eigenvalue weighted by Crippen LogP contribution is -2.13. The van der Waals surface area contributed by atoms with Crippen molar-refractivity contribution in [1.29, 1.82) is 0 Å². The van der Waals surface area contributed by atoms with Gasteiger partial charge in [-0.25, -0.2) is 4.98 Å². The third-order valence-electron chi connectivity index (χ3n) is 1.89. The molecule has 3 heteroatoms. The summed E-state index contributed by atoms with van der Waals surface area (Å²) in [5, 5.41) is 0. The van der Waals surface area contributed by atoms with Crippen molar-refractivity contribution >= 4 is 12.6 Å². The van der Waals surface area contributed by atoms with Gasteiger partial charge < -0.3 is 4.42 Å². The molecule has 0 saturated carbocycles. The summed E-state index contributed by atoms with van der Waals surface area (Å²) in [6, 6.07) is 0. The monoisotopic (exact) mass is 227 g/mol. The van der Waals surface area contributed by atoms with Gasteiger partial charge in [-0.05, 0) is 5.41 Å². The van der Waals surface area contributed by atoms with E-state index in [2.05, 4.69) is 52.2 Å². The third kappa shape index (κ3) is 5.26. The topological polar surface area (TPSA) is 26.0 Å². The molecule has 1 heterocycles. The van der Waals surface area contributed by atoms with Crippen LogP contribution in [0.4, 0.5) is 0 Å². The largest absolute Gasteiger partial charge is 0.446 e. The van der Waals surface area contributed by atoms with Crippen LogP contribution in [-0.4, -0.2) is 9.73 Å². The number of nitrogens with zero attached hydrogens (tertiary/aromatic N) is 1. The summed E-state index contributed by atoms with van der Waals surface area (Å²) in [5.74, 6) is 1.75. The highest BCUT2D eigenvalue weighted by molar-refractivity contribution is 7.81. The Kier molecular flexibility index (Phi) is 3.54. The molecule has 0 saturated heterocycles. The van der Waals surface area contributed by atoms with Gasteiger partial charge >= 0.3 is 0 Å². The van der Waals surface area contributed by atoms with E-state index in [1.54, 1.807) is 0 Å². The predicted octanol–water partition coefficient (Wildman–Crippen LogP) is 3.51. The second kappa shape index (κ2) is 4.20. The van der Waals surface area contributed by atoms with Gasteiger partial charge in [0.2, 0.25) is 0 Å². The predicted molar refractivity (Wildman–Crippen MR) is 66.4 cm³/mol. The summed E-state index contributed by atoms with van der Waals surface area (Å²) in [6.07, 6.45) is 3.51. The number of rotatable bonds is 3. The average molecular weight is 227 g/mol. The summed E-state index contributed by atoms with van der Waals surface area (Å²) in [4.78, 5) is 4.29. The van der Waals surface area contributed by atoms with E-state index in [4.69, 9.17) is 4.42 Å². The SMILES string of the molecule is CC(C)(C)Cc1ncc(CC(C)(C)S)o1. The van der Waals surface area contributed by atoms with Crippen LogP contribution in [0.3, 0.4) is 0 Å². The van der Waals surface area contributed by atoms with E-state index in [1.165, 1.54) is 0 Å². The first-order chi connectivity index (χ1) is 6.66. The lowest BCUT2D eigenvalue weighted by atomic mass is 9.92. The zero-order valence-corrected chi connectivity index (χ0v) is 11.2. The first-order valence-electron chi connectivity index (χ1n) is 5.32. The molecule has 0 aliphatic heterocycles. The summed E-state index contributed by atoms with van der Waals surface area (Å²) in [7, 11) is 0. The van der Waals surface area contributed by atoms with Crippen molar-refractivity contribution in [2.45, 2.75) is 52.2 Å². The quantitative estimate of drug-likeness (QED) is 0.800. The molecule has 1 aromatic heterocycles. The number of oxazole rings is 1. The van der Waals surface area contributed by atoms with E-state index >= 15 is 0 Å². The molecule has 0 bridgehead atoms. The molecule has 0 fully saturated rings. The van der Waals surface area contributed by atoms with Crippen LogP contribution in [0.5, 0.6) is 0 Å². The summed E-state index contributed by atoms with van der Waals surface area (Å²) < 4.78 is 5.63. The van der Waals surface area contributed by atoms with Crippen LogP contribution in [0.15, 0.2) is 10.6 Å². The Morgan fingerprint density at radius 3 is 2.27 bits per heavy atom. The maximum atomic E-state index is 5.68. The van der Waals surface area contributed by atoms with Crippen molar-refractivity contribution in [2.24, 2.45) is 5.41 Å². The van der Waals surface area contributed by atoms with Crippen molar-refractivity contribution in [3.05, 3.63) is 17.8 Å². The van der Waals surface area contributed by atoms with Crippen molar-refractivity contribution in [3.63, 3.8) is 0 Å². The van der Waals surface area contributed by atoms with Crippen LogP contribution in [0, 0.1) is 5.41 Å². The Labute approximate surface area is 97.9 Å². The molecule has 0 atom stereocenters. The average Bonchev–Trinajstić information content (AvgIpc) is 2.28. The lowest BCUT2D eigenvalue weighted by Gasteiger charge is -2.15. The van der Waals surface area contributed by atoms with Gasteiger partial charge in [0, 0.05) is 17.6 Å². The Hall–Kier alpha value is -0.440. The van der Waals surface area contributed by atoms with Gasteiger partial charge in [0.1, 0.15) is 5.76 Å². The molecule has 0 spiro atoms. The molecular weight excluding hydrogens is 206 g/mol. The fraction of sp³-hybridized carbons (Fsp3) is 0.750. The first kappa shape index (κ1) is 12.6. The van der Waals surface area contributed by atoms with Gasteiger partial charge in [-0.15, -0.1) is 0 Å². The summed E-state index contributed by atoms with van der Waals surface area (Å²) in [6.45, 7) is 10.7. The lowest BCUT2D eigenvalue weighted by molar-refractivity contribution is 0.343. The molecule has 15 heavy (non-hydrogen) atoms. The Morgan fingerprint density at radius 2 is 1.80 bits per heavy atom. The molecule has 0 unspecified atom stereocenters. The Bertz CT molecular complexity index is 287. The molecule has 0 aliphatic rings. The highest BCUT2D eigenvalue weighted by atomic mass is 32.1. The summed E-state index contributed by atoms with van der Waals surface area (Å²) in [5.41, 5.74) is 0.221. The van der Waals surface area contributed by atoms with Gasteiger partial charge in [0.15, 0.2) is 5.89 Å². The Morgan fingerprint density at radius 1 is 1.20 bits per heavy atom. The van der Waals surface area contributed by atoms with Crippen molar-refractivity contribution < 1.29 is 4.42 Å². The van der Waals surface area contributed by atoms with Crippen LogP contribution in [0.1, 0.15) is 46.3 Å². The van der Waals surface area contributed by atoms with Crippen LogP contribution >= 0.6 is 12.6 Å². The molecule has 86 valence electrons. The molecule has 0 amide bonds. The number of aromatic nitrogens is 1. The van der Waals surface area contributed by atoms with Gasteiger partial charge in [0.05, 0.1) is 6.20 Å². The molecule has 0 aromatic carbocycles. The minimum atomic E-state index is -0.0431. The highest BCUT2D eigenvalue weighted by Gasteiger charge is 2.18. The van der Waals surface area contributed by atoms with Gasteiger partial charge in [-0.1, -0.05) is 34.6 Å². The normalized spacial score (nSPS) is 13.2. The molecule has 0 radical (unpaired) electrons. The maximum Gasteiger partial charge on any atom is 0.194 e. The standard InChI is InChI=1S/C12H21NOS/c1-11(2,3)7-10-13-8-9(14-10)6-12(4,5)15/h8,15H,6-7H2,1-5H3. The zero-order chi connectivity index (χ0) is 11.7. The van der Waals surface area contributed by atoms with Crippen LogP contribution < -0.4 is 0 Å². The number of hydrogen-bond acceptors (Lipinski definition) is 3. The molecule has 1 rings (SSSR count). The molecule has 2 nitrogen and oxygen atoms in total. The second-order valence-electron chi connectivity index (χ2n) is 5.95. The van der Waals surface area contributed by atoms with Crippen molar-refractivity contribution in [1.82, 2.24) is 4.98 Å². The fourth-order valence-electron chi connectivity index (χ4n) is 1.39. The maximum absolute atomic E-state index is 5.68. The van der Waals surface area contributed by atoms with E-state index in [0.29, 0.717) is 0 Å². The van der Waals surface area contributed by atoms with Gasteiger partial charge in [-0.2, -0.15) is 12.6 Å². The Balaban J connectivity index is 2.65. The van der Waals surface area contributed by atoms with Gasteiger partial charge in [0.25, 0.3) is 0 Å². The summed E-state index contributed by atoms with van der Waals surface area (Å²) >= 11 is 4.47. The molecule has 0 aliphatic carbocycles. The molecular formula is C12H21NOS. The smallest absolute Gasteiger partial charge is 0.194 e. The highest BCUT2D eigenvalue weighted by Crippen LogP contribution is 2.23. The van der Waals surface area contributed by atoms with Crippen LogP contribution in [-0.2, 0) is 12.8 Å². The van der Waals surface area contributed by atoms with E-state index in [9.17, 15) is 0 Å². The second-order valence-corrected chi connectivity index (χ2v) is 7.16. The first-order valence-corrected chi connectivity index (χ1v) is 5.76. The fourth-order valence-corrected chi connectivity index (χ4v) is 1.55. The van der Waals surface area contributed by atoms with Gasteiger partial charge in [-0.3, -0.25) is 0 Å². The van der Waals surface area contributed by atoms with E-state index in [-0.39, 0.29) is 10.2 Å². The van der Waals surface area contributed by atoms with Crippen molar-refractivity contribution in [2.75, 3.05) is 0 Å². The van der Waals surface area contributed by atoms with E-state index < -0.39 is 0 Å². The van der Waals surface area contributed by atoms with Crippen LogP contribution in [0.25, 0.3) is 0 Å². The minimum absolute atomic E-state index is 0.0431. The third-order valence-corrected chi connectivity index (χ3v) is 2.05. The molecule has 1 aromatic rings. The van der Waals surface area contributed by atoms with Crippen LogP contribution in [0.2, 0.25) is 0 Å². The van der Waals surface area contributed by atoms with E-state index in [1.807, 2.05) is 6.20 Å². The number of hydrogen-bond donors (Lipinski definition) is 1. The minimum Gasteiger partial charge on any atom is -0.446 e. The number of thiol groups is 1. The van der Waals surface area contributed by atoms with E-state index in [0.717, 1.165) is 24.5 Å². The van der Waals surface area contributed by atoms with Crippen molar-refractivity contribution in [3.8, 4) is 0 Å². The molecule has 0 N–H and O–H groups in total.